The van der Waals surface area contributed by atoms with E-state index in [0.717, 1.165) is 17.4 Å². The maximum absolute atomic E-state index is 12.2. The van der Waals surface area contributed by atoms with Crippen molar-refractivity contribution in [2.45, 2.75) is 44.2 Å². The fourth-order valence-corrected chi connectivity index (χ4v) is 3.96. The number of rotatable bonds is 5. The quantitative estimate of drug-likeness (QED) is 0.745. The Hall–Kier alpha value is -2.57. The summed E-state index contributed by atoms with van der Waals surface area (Å²) < 4.78 is 1.07. The normalized spacial score (nSPS) is 24.1. The highest BCUT2D eigenvalue weighted by Gasteiger charge is 2.53. The molecule has 0 bridgehead atoms. The zero-order chi connectivity index (χ0) is 16.7. The Kier molecular flexibility index (Phi) is 3.63. The monoisotopic (exact) mass is 328 g/mol. The summed E-state index contributed by atoms with van der Waals surface area (Å²) in [6, 6.07) is 8.71. The molecule has 1 fully saturated rings. The van der Waals surface area contributed by atoms with Crippen LogP contribution in [0, 0.1) is 5.92 Å². The smallest absolute Gasteiger partial charge is 0.344 e. The van der Waals surface area contributed by atoms with Crippen LogP contribution in [0.5, 0.6) is 0 Å². The number of carbonyl (C=O) groups excluding carboxylic acids is 1. The number of carbonyl (C=O) groups is 1. The van der Waals surface area contributed by atoms with Gasteiger partial charge in [-0.05, 0) is 36.3 Å². The summed E-state index contributed by atoms with van der Waals surface area (Å²) in [7, 11) is 0. The van der Waals surface area contributed by atoms with Crippen molar-refractivity contribution in [3.63, 3.8) is 0 Å². The molecule has 0 saturated heterocycles. The molecule has 0 radical (unpaired) electrons. The third kappa shape index (κ3) is 2.60. The molecular formula is C17H20N4O3. The Morgan fingerprint density at radius 1 is 1.21 bits per heavy atom. The van der Waals surface area contributed by atoms with Crippen LogP contribution in [0.4, 0.5) is 0 Å². The van der Waals surface area contributed by atoms with Gasteiger partial charge in [0.15, 0.2) is 0 Å². The average Bonchev–Trinajstić information content (AvgIpc) is 3.20. The maximum Gasteiger partial charge on any atom is 0.344 e. The van der Waals surface area contributed by atoms with Gasteiger partial charge in [0.05, 0.1) is 0 Å². The maximum atomic E-state index is 12.2. The van der Waals surface area contributed by atoms with Crippen molar-refractivity contribution in [2.24, 2.45) is 5.92 Å². The van der Waals surface area contributed by atoms with E-state index >= 15 is 0 Å². The number of hydrogen-bond donors (Lipinski definition) is 3. The van der Waals surface area contributed by atoms with Gasteiger partial charge in [-0.3, -0.25) is 4.79 Å². The van der Waals surface area contributed by atoms with Gasteiger partial charge in [-0.25, -0.2) is 24.4 Å². The van der Waals surface area contributed by atoms with E-state index in [1.807, 2.05) is 0 Å². The molecule has 3 atom stereocenters. The first kappa shape index (κ1) is 15.0. The average molecular weight is 328 g/mol. The number of H-pyrrole nitrogens is 2. The highest BCUT2D eigenvalue weighted by Crippen LogP contribution is 2.54. The number of hydrogen-bond acceptors (Lipinski definition) is 3. The summed E-state index contributed by atoms with van der Waals surface area (Å²) in [4.78, 5) is 34.9. The summed E-state index contributed by atoms with van der Waals surface area (Å²) in [5.41, 5.74) is 1.85. The van der Waals surface area contributed by atoms with Crippen LogP contribution in [-0.2, 0) is 17.8 Å². The van der Waals surface area contributed by atoms with Crippen LogP contribution in [0.15, 0.2) is 33.9 Å². The molecule has 7 nitrogen and oxygen atoms in total. The number of aryl methyl sites for hydroxylation is 1. The number of amides is 1. The van der Waals surface area contributed by atoms with E-state index in [1.165, 1.54) is 11.1 Å². The summed E-state index contributed by atoms with van der Waals surface area (Å²) in [5.74, 6) is 1.000. The van der Waals surface area contributed by atoms with Gasteiger partial charge in [-0.1, -0.05) is 24.3 Å². The fraction of sp³-hybridized carbons (Fsp3) is 0.471. The predicted molar refractivity (Wildman–Crippen MR) is 87.8 cm³/mol. The molecule has 1 heterocycles. The first-order chi connectivity index (χ1) is 11.6. The Labute approximate surface area is 138 Å². The molecule has 3 N–H and O–H groups in total. The van der Waals surface area contributed by atoms with Gasteiger partial charge in [0.25, 0.3) is 0 Å². The number of nitrogens with one attached hydrogen (secondary N) is 3. The van der Waals surface area contributed by atoms with Crippen molar-refractivity contribution < 1.29 is 4.79 Å². The second-order valence-electron chi connectivity index (χ2n) is 6.64. The third-order valence-electron chi connectivity index (χ3n) is 5.21. The predicted octanol–water partition coefficient (Wildman–Crippen LogP) is 0.490. The number of nitrogens with zero attached hydrogens (tertiary/aromatic N) is 1. The number of aromatic amines is 2. The van der Waals surface area contributed by atoms with Crippen LogP contribution in [-0.4, -0.2) is 26.7 Å². The molecule has 0 aliphatic heterocycles. The van der Waals surface area contributed by atoms with Gasteiger partial charge in [-0.15, -0.1) is 0 Å². The molecule has 126 valence electrons. The van der Waals surface area contributed by atoms with E-state index < -0.39 is 11.4 Å². The SMILES string of the molecule is O=C(CCCn1c(=O)[nH][nH]c1=O)NC1C2CCc3ccccc3C21. The second kappa shape index (κ2) is 5.81. The minimum Gasteiger partial charge on any atom is -0.352 e. The molecule has 7 heteroatoms. The Morgan fingerprint density at radius 2 is 1.96 bits per heavy atom. The number of fused-ring (bicyclic) bond motifs is 3. The van der Waals surface area contributed by atoms with Crippen molar-refractivity contribution in [1.82, 2.24) is 20.1 Å². The van der Waals surface area contributed by atoms with E-state index in [4.69, 9.17) is 0 Å². The van der Waals surface area contributed by atoms with Gasteiger partial charge in [0, 0.05) is 24.9 Å². The molecule has 1 aromatic heterocycles. The first-order valence-electron chi connectivity index (χ1n) is 8.40. The lowest BCUT2D eigenvalue weighted by atomic mass is 9.92. The van der Waals surface area contributed by atoms with Gasteiger partial charge < -0.3 is 5.32 Å². The second-order valence-corrected chi connectivity index (χ2v) is 6.64. The van der Waals surface area contributed by atoms with E-state index in [9.17, 15) is 14.4 Å². The highest BCUT2D eigenvalue weighted by atomic mass is 16.2. The van der Waals surface area contributed by atoms with Crippen LogP contribution in [0.1, 0.15) is 36.3 Å². The standard InChI is InChI=1S/C17H20N4O3/c22-13(6-3-9-21-16(23)19-20-17(21)24)18-15-12-8-7-10-4-1-2-5-11(10)14(12)15/h1-2,4-5,12,14-15H,3,6-9H2,(H,18,22)(H,19,23)(H,20,24). The molecule has 2 aliphatic carbocycles. The summed E-state index contributed by atoms with van der Waals surface area (Å²) in [6.45, 7) is 0.242. The van der Waals surface area contributed by atoms with Crippen molar-refractivity contribution in [2.75, 3.05) is 0 Å². The zero-order valence-corrected chi connectivity index (χ0v) is 13.2. The van der Waals surface area contributed by atoms with Crippen molar-refractivity contribution in [1.29, 1.82) is 0 Å². The molecule has 4 rings (SSSR count). The molecule has 1 aromatic carbocycles. The van der Waals surface area contributed by atoms with E-state index in [-0.39, 0.29) is 18.5 Å². The molecule has 2 aliphatic rings. The molecular weight excluding hydrogens is 308 g/mol. The Morgan fingerprint density at radius 3 is 2.75 bits per heavy atom. The van der Waals surface area contributed by atoms with Crippen LogP contribution in [0.25, 0.3) is 0 Å². The minimum absolute atomic E-state index is 0.00751. The van der Waals surface area contributed by atoms with E-state index in [2.05, 4.69) is 39.8 Å². The van der Waals surface area contributed by atoms with Gasteiger partial charge in [-0.2, -0.15) is 0 Å². The van der Waals surface area contributed by atoms with Gasteiger partial charge in [0.2, 0.25) is 5.91 Å². The molecule has 0 spiro atoms. The number of benzene rings is 1. The van der Waals surface area contributed by atoms with Crippen molar-refractivity contribution in [3.05, 3.63) is 56.4 Å². The molecule has 2 aromatic rings. The summed E-state index contributed by atoms with van der Waals surface area (Å²) >= 11 is 0. The summed E-state index contributed by atoms with van der Waals surface area (Å²) in [6.07, 6.45) is 2.99. The van der Waals surface area contributed by atoms with Gasteiger partial charge in [0.1, 0.15) is 0 Å². The van der Waals surface area contributed by atoms with Crippen LogP contribution in [0.2, 0.25) is 0 Å². The van der Waals surface area contributed by atoms with Crippen LogP contribution >= 0.6 is 0 Å². The largest absolute Gasteiger partial charge is 0.352 e. The lowest BCUT2D eigenvalue weighted by Crippen LogP contribution is -2.29. The Balaban J connectivity index is 1.31. The molecule has 1 saturated carbocycles. The van der Waals surface area contributed by atoms with Crippen LogP contribution in [0.3, 0.4) is 0 Å². The topological polar surface area (TPSA) is 99.8 Å². The number of aromatic nitrogens is 3. The van der Waals surface area contributed by atoms with Crippen LogP contribution < -0.4 is 16.7 Å². The molecule has 1 amide bonds. The van der Waals surface area contributed by atoms with Gasteiger partial charge >= 0.3 is 11.4 Å². The molecule has 24 heavy (non-hydrogen) atoms. The fourth-order valence-electron chi connectivity index (χ4n) is 3.96. The Bertz CT molecular complexity index is 851. The molecule has 3 unspecified atom stereocenters. The highest BCUT2D eigenvalue weighted by molar-refractivity contribution is 5.77. The minimum atomic E-state index is -0.467. The van der Waals surface area contributed by atoms with E-state index in [0.29, 0.717) is 24.7 Å². The lowest BCUT2D eigenvalue weighted by molar-refractivity contribution is -0.121. The summed E-state index contributed by atoms with van der Waals surface area (Å²) in [5, 5.41) is 7.59. The van der Waals surface area contributed by atoms with Crippen molar-refractivity contribution >= 4 is 5.91 Å². The first-order valence-corrected chi connectivity index (χ1v) is 8.40. The van der Waals surface area contributed by atoms with Crippen molar-refractivity contribution in [3.8, 4) is 0 Å². The van der Waals surface area contributed by atoms with E-state index in [1.54, 1.807) is 0 Å². The zero-order valence-electron chi connectivity index (χ0n) is 13.2. The lowest BCUT2D eigenvalue weighted by Gasteiger charge is -2.13. The third-order valence-corrected chi connectivity index (χ3v) is 5.21.